The Labute approximate surface area is 97.9 Å². The second-order valence-corrected chi connectivity index (χ2v) is 9.00. The van der Waals surface area contributed by atoms with E-state index in [-0.39, 0.29) is 17.1 Å². The summed E-state index contributed by atoms with van der Waals surface area (Å²) in [6.45, 7) is 18.0. The summed E-state index contributed by atoms with van der Waals surface area (Å²) < 4.78 is 0. The molecule has 0 heterocycles. The molecule has 0 unspecified atom stereocenters. The van der Waals surface area contributed by atoms with Crippen molar-refractivity contribution in [3.05, 3.63) is 0 Å². The average molecular weight is 335 g/mol. The fraction of sp³-hybridized carbons (Fsp3) is 0.429. The van der Waals surface area contributed by atoms with Gasteiger partial charge in [-0.3, -0.25) is 19.2 Å². The molecule has 0 bridgehead atoms. The molecule has 0 atom stereocenters. The van der Waals surface area contributed by atoms with E-state index >= 15 is 0 Å². The first-order valence-corrected chi connectivity index (χ1v) is 9.82. The first-order chi connectivity index (χ1) is 5.73. The number of carbonyl (C=O) groups excluding carboxylic acids is 4. The van der Waals surface area contributed by atoms with Crippen molar-refractivity contribution in [2.24, 2.45) is 0 Å². The van der Waals surface area contributed by atoms with Gasteiger partial charge in [-0.05, 0) is 0 Å². The van der Waals surface area contributed by atoms with Crippen LogP contribution >= 0.6 is 0 Å². The summed E-state index contributed by atoms with van der Waals surface area (Å²) in [5.74, 6) is 0. The van der Waals surface area contributed by atoms with Crippen LogP contribution in [0.15, 0.2) is 0 Å². The van der Waals surface area contributed by atoms with Crippen LogP contribution in [0.1, 0.15) is 0 Å². The van der Waals surface area contributed by atoms with Gasteiger partial charge in [0.1, 0.15) is 0 Å². The quantitative estimate of drug-likeness (QED) is 0.574. The van der Waals surface area contributed by atoms with Gasteiger partial charge in [0.25, 0.3) is 27.2 Å². The van der Waals surface area contributed by atoms with E-state index in [9.17, 15) is 0 Å². The zero-order valence-electron chi connectivity index (χ0n) is 7.43. The minimum atomic E-state index is -0.450. The van der Waals surface area contributed by atoms with Crippen molar-refractivity contribution in [3.63, 3.8) is 0 Å². The Bertz CT molecular complexity index is 47.0. The molecule has 0 N–H and O–H groups in total. The van der Waals surface area contributed by atoms with Gasteiger partial charge in [0, 0.05) is 17.1 Å². The van der Waals surface area contributed by atoms with Crippen LogP contribution in [0.3, 0.4) is 0 Å². The van der Waals surface area contributed by atoms with E-state index in [1.54, 1.807) is 0 Å². The number of hydrogen-bond acceptors (Lipinski definition) is 4. The van der Waals surface area contributed by atoms with E-state index in [1.807, 2.05) is 0 Å². The Kier molecular flexibility index (Phi) is 470. The number of rotatable bonds is 0. The molecule has 4 nitrogen and oxygen atoms in total. The summed E-state index contributed by atoms with van der Waals surface area (Å²) in [5.41, 5.74) is 0. The molecule has 0 aromatic rings. The Morgan fingerprint density at radius 3 is 0.615 bits per heavy atom. The fourth-order valence-electron chi connectivity index (χ4n) is 0. The second-order valence-electron chi connectivity index (χ2n) is 1.34. The van der Waals surface area contributed by atoms with Gasteiger partial charge in [-0.25, -0.2) is 0 Å². The normalized spacial score (nSPS) is 4.00. The molecular formula is C7H9FeO4Sb. The third-order valence-electron chi connectivity index (χ3n) is 0. The maximum absolute atomic E-state index is 7.50. The monoisotopic (exact) mass is 334 g/mol. The molecule has 0 aromatic carbocycles. The Morgan fingerprint density at radius 2 is 0.615 bits per heavy atom. The standard InChI is InChI=1S/4CO.3CH3.Fe.Sb/c4*1-2;;;;;/h;;;;3*1H3;;. The van der Waals surface area contributed by atoms with Crippen LogP contribution in [0.4, 0.5) is 0 Å². The van der Waals surface area contributed by atoms with Crippen molar-refractivity contribution in [2.75, 3.05) is 0 Å². The van der Waals surface area contributed by atoms with Gasteiger partial charge in [-0.1, -0.05) is 0 Å². The summed E-state index contributed by atoms with van der Waals surface area (Å²) in [6.07, 6.45) is 0. The van der Waals surface area contributed by atoms with Crippen LogP contribution in [-0.4, -0.2) is 47.4 Å². The predicted molar refractivity (Wildman–Crippen MR) is 46.1 cm³/mol. The van der Waals surface area contributed by atoms with E-state index in [0.717, 1.165) is 0 Å². The van der Waals surface area contributed by atoms with Crippen LogP contribution in [-0.2, 0) is 36.2 Å². The maximum Gasteiger partial charge on any atom is 0.281 e. The van der Waals surface area contributed by atoms with Crippen molar-refractivity contribution in [2.45, 2.75) is 14.6 Å². The van der Waals surface area contributed by atoms with Crippen LogP contribution in [0.2, 0.25) is 14.6 Å². The van der Waals surface area contributed by atoms with Crippen molar-refractivity contribution >= 4 is 47.4 Å². The van der Waals surface area contributed by atoms with Gasteiger partial charge in [0.05, 0.1) is 0 Å². The molecule has 0 rings (SSSR count). The summed E-state index contributed by atoms with van der Waals surface area (Å²) in [7, 11) is 0. The second kappa shape index (κ2) is 160. The summed E-state index contributed by atoms with van der Waals surface area (Å²) >= 11 is -0.450. The third-order valence-corrected chi connectivity index (χ3v) is 0. The molecule has 0 fully saturated rings. The molecule has 6 heteroatoms. The van der Waals surface area contributed by atoms with E-state index in [0.29, 0.717) is 0 Å². The van der Waals surface area contributed by atoms with Crippen molar-refractivity contribution in [1.82, 2.24) is 0 Å². The molecule has 0 saturated heterocycles. The zero-order chi connectivity index (χ0) is 11.6. The minimum absolute atomic E-state index is 0. The zero-order valence-corrected chi connectivity index (χ0v) is 11.1. The van der Waals surface area contributed by atoms with Gasteiger partial charge < -0.3 is 0 Å². The third kappa shape index (κ3) is 3870000. The predicted octanol–water partition coefficient (Wildman–Crippen LogP) is -0.220. The molecule has 74 valence electrons. The van der Waals surface area contributed by atoms with Crippen LogP contribution in [0.25, 0.3) is 0 Å². The minimum Gasteiger partial charge on any atom is -0.281 e. The smallest absolute Gasteiger partial charge is 0.281 e. The first-order valence-electron chi connectivity index (χ1n) is 2.16. The summed E-state index contributed by atoms with van der Waals surface area (Å²) in [5, 5.41) is 0. The van der Waals surface area contributed by atoms with Crippen molar-refractivity contribution in [1.29, 1.82) is 0 Å². The van der Waals surface area contributed by atoms with Gasteiger partial charge in [0.2, 0.25) is 0 Å². The van der Waals surface area contributed by atoms with E-state index in [2.05, 4.69) is 41.8 Å². The molecule has 0 aromatic heterocycles. The van der Waals surface area contributed by atoms with Crippen LogP contribution < -0.4 is 0 Å². The van der Waals surface area contributed by atoms with Gasteiger partial charge in [-0.15, -0.1) is 0 Å². The molecule has 0 amide bonds. The topological polar surface area (TPSA) is 68.3 Å². The molecule has 13 heavy (non-hydrogen) atoms. The van der Waals surface area contributed by atoms with Crippen molar-refractivity contribution in [3.8, 4) is 0 Å². The summed E-state index contributed by atoms with van der Waals surface area (Å²) in [4.78, 5) is 37.0. The van der Waals surface area contributed by atoms with Crippen LogP contribution in [0, 0.1) is 0 Å². The number of hydrogen-bond donors (Lipinski definition) is 0. The van der Waals surface area contributed by atoms with E-state index in [4.69, 9.17) is 19.2 Å². The SMILES string of the molecule is [CH3][Sb]([CH3])[CH3].[C]=O.[C]=O.[C]=O.[C]=O.[Fe]. The van der Waals surface area contributed by atoms with Crippen molar-refractivity contribution < 1.29 is 36.2 Å². The fourth-order valence-corrected chi connectivity index (χ4v) is 0. The average Bonchev–Trinajstić information content (AvgIpc) is 2.16. The Hall–Kier alpha value is 0.0177. The van der Waals surface area contributed by atoms with E-state index in [1.165, 1.54) is 0 Å². The molecule has 0 aliphatic carbocycles. The molecule has 0 aliphatic rings. The molecule has 0 saturated carbocycles. The van der Waals surface area contributed by atoms with Gasteiger partial charge in [-0.2, -0.15) is 0 Å². The van der Waals surface area contributed by atoms with Crippen LogP contribution in [0.5, 0.6) is 0 Å². The van der Waals surface area contributed by atoms with E-state index < -0.39 is 20.2 Å². The Balaban J connectivity index is -0.0000000122. The molecule has 0 spiro atoms. The first kappa shape index (κ1) is 38.2. The van der Waals surface area contributed by atoms with Gasteiger partial charge in [0.15, 0.2) is 0 Å². The molecule has 0 aliphatic heterocycles. The molecular weight excluding hydrogens is 326 g/mol. The Morgan fingerprint density at radius 1 is 0.615 bits per heavy atom. The maximum atomic E-state index is 7.50. The largest absolute Gasteiger partial charge is 0.281 e. The molecule has 8 radical (unpaired) electrons. The summed E-state index contributed by atoms with van der Waals surface area (Å²) in [6, 6.07) is 0. The van der Waals surface area contributed by atoms with Gasteiger partial charge >= 0.3 is 34.8 Å².